The zero-order valence-corrected chi connectivity index (χ0v) is 11.2. The SMILES string of the molecule is CNCc1cn(CCCC#N)c2cc(Cl)ccc12. The van der Waals surface area contributed by atoms with Gasteiger partial charge in [-0.2, -0.15) is 5.26 Å². The summed E-state index contributed by atoms with van der Waals surface area (Å²) in [6, 6.07) is 8.15. The largest absolute Gasteiger partial charge is 0.347 e. The normalized spacial score (nSPS) is 10.7. The first-order valence-corrected chi connectivity index (χ1v) is 6.43. The first-order chi connectivity index (χ1) is 8.76. The van der Waals surface area contributed by atoms with E-state index in [-0.39, 0.29) is 0 Å². The van der Waals surface area contributed by atoms with E-state index in [1.165, 1.54) is 10.9 Å². The number of benzene rings is 1. The summed E-state index contributed by atoms with van der Waals surface area (Å²) in [5.74, 6) is 0. The zero-order chi connectivity index (χ0) is 13.0. The van der Waals surface area contributed by atoms with Crippen molar-refractivity contribution >= 4 is 22.5 Å². The van der Waals surface area contributed by atoms with E-state index >= 15 is 0 Å². The number of hydrogen-bond acceptors (Lipinski definition) is 2. The molecular weight excluding hydrogens is 246 g/mol. The van der Waals surface area contributed by atoms with Gasteiger partial charge >= 0.3 is 0 Å². The summed E-state index contributed by atoms with van der Waals surface area (Å²) < 4.78 is 2.19. The van der Waals surface area contributed by atoms with Crippen LogP contribution in [0, 0.1) is 11.3 Å². The molecule has 1 N–H and O–H groups in total. The maximum absolute atomic E-state index is 8.60. The molecule has 0 aliphatic carbocycles. The summed E-state index contributed by atoms with van der Waals surface area (Å²) in [5, 5.41) is 13.7. The molecule has 2 aromatic rings. The molecule has 0 saturated carbocycles. The summed E-state index contributed by atoms with van der Waals surface area (Å²) in [5.41, 5.74) is 2.41. The van der Waals surface area contributed by atoms with E-state index < -0.39 is 0 Å². The molecule has 0 bridgehead atoms. The van der Waals surface area contributed by atoms with Crippen LogP contribution in [0.4, 0.5) is 0 Å². The maximum atomic E-state index is 8.60. The number of rotatable bonds is 5. The standard InChI is InChI=1S/C14H16ClN3/c1-17-9-11-10-18(7-3-2-6-16)14-8-12(15)4-5-13(11)14/h4-5,8,10,17H,2-3,7,9H2,1H3. The fourth-order valence-corrected chi connectivity index (χ4v) is 2.35. The van der Waals surface area contributed by atoms with Crippen molar-refractivity contribution in [3.05, 3.63) is 35.0 Å². The number of halogens is 1. The Hall–Kier alpha value is -1.50. The first kappa shape index (κ1) is 12.9. The van der Waals surface area contributed by atoms with Gasteiger partial charge in [0.05, 0.1) is 6.07 Å². The third-order valence-electron chi connectivity index (χ3n) is 2.98. The van der Waals surface area contributed by atoms with Gasteiger partial charge in [0.15, 0.2) is 0 Å². The Labute approximate surface area is 112 Å². The summed E-state index contributed by atoms with van der Waals surface area (Å²) >= 11 is 6.06. The lowest BCUT2D eigenvalue weighted by molar-refractivity contribution is 0.670. The molecule has 0 amide bonds. The summed E-state index contributed by atoms with van der Waals surface area (Å²) in [7, 11) is 1.94. The van der Waals surface area contributed by atoms with Gasteiger partial charge in [-0.05, 0) is 31.2 Å². The van der Waals surface area contributed by atoms with Gasteiger partial charge in [-0.3, -0.25) is 0 Å². The third-order valence-corrected chi connectivity index (χ3v) is 3.22. The Morgan fingerprint density at radius 1 is 1.44 bits per heavy atom. The molecular formula is C14H16ClN3. The quantitative estimate of drug-likeness (QED) is 0.839. The molecule has 1 aromatic heterocycles. The molecule has 0 aliphatic heterocycles. The van der Waals surface area contributed by atoms with Crippen molar-refractivity contribution in [3.63, 3.8) is 0 Å². The molecule has 0 atom stereocenters. The van der Waals surface area contributed by atoms with Crippen LogP contribution in [-0.4, -0.2) is 11.6 Å². The Bertz CT molecular complexity index is 580. The topological polar surface area (TPSA) is 40.8 Å². The highest BCUT2D eigenvalue weighted by Gasteiger charge is 2.08. The highest BCUT2D eigenvalue weighted by atomic mass is 35.5. The van der Waals surface area contributed by atoms with E-state index in [2.05, 4.69) is 28.2 Å². The molecule has 0 aliphatic rings. The minimum atomic E-state index is 0.585. The molecule has 4 heteroatoms. The van der Waals surface area contributed by atoms with Gasteiger partial charge in [0, 0.05) is 41.6 Å². The molecule has 94 valence electrons. The fraction of sp³-hybridized carbons (Fsp3) is 0.357. The minimum Gasteiger partial charge on any atom is -0.347 e. The molecule has 0 saturated heterocycles. The van der Waals surface area contributed by atoms with Crippen LogP contribution in [0.3, 0.4) is 0 Å². The van der Waals surface area contributed by atoms with Gasteiger partial charge in [0.25, 0.3) is 0 Å². The second kappa shape index (κ2) is 5.90. The molecule has 18 heavy (non-hydrogen) atoms. The van der Waals surface area contributed by atoms with Gasteiger partial charge in [-0.1, -0.05) is 17.7 Å². The molecule has 3 nitrogen and oxygen atoms in total. The predicted octanol–water partition coefficient (Wildman–Crippen LogP) is 3.32. The number of hydrogen-bond donors (Lipinski definition) is 1. The molecule has 1 aromatic carbocycles. The van der Waals surface area contributed by atoms with E-state index in [0.717, 1.165) is 30.0 Å². The van der Waals surface area contributed by atoms with Crippen molar-refractivity contribution in [1.82, 2.24) is 9.88 Å². The summed E-state index contributed by atoms with van der Waals surface area (Å²) in [6.45, 7) is 1.69. The van der Waals surface area contributed by atoms with Crippen LogP contribution >= 0.6 is 11.6 Å². The highest BCUT2D eigenvalue weighted by molar-refractivity contribution is 6.31. The third kappa shape index (κ3) is 2.66. The van der Waals surface area contributed by atoms with E-state index in [9.17, 15) is 0 Å². The van der Waals surface area contributed by atoms with Crippen LogP contribution in [0.25, 0.3) is 10.9 Å². The van der Waals surface area contributed by atoms with Crippen molar-refractivity contribution in [2.75, 3.05) is 7.05 Å². The van der Waals surface area contributed by atoms with Gasteiger partial charge in [0.1, 0.15) is 0 Å². The van der Waals surface area contributed by atoms with Crippen LogP contribution in [0.1, 0.15) is 18.4 Å². The Balaban J connectivity index is 2.38. The molecule has 2 rings (SSSR count). The number of nitrogens with zero attached hydrogens (tertiary/aromatic N) is 2. The Morgan fingerprint density at radius 2 is 2.28 bits per heavy atom. The Morgan fingerprint density at radius 3 is 3.00 bits per heavy atom. The molecule has 0 fully saturated rings. The van der Waals surface area contributed by atoms with Crippen LogP contribution in [0.2, 0.25) is 5.02 Å². The molecule has 0 radical (unpaired) electrons. The Kier molecular flexibility index (Phi) is 4.24. The monoisotopic (exact) mass is 261 g/mol. The first-order valence-electron chi connectivity index (χ1n) is 6.05. The number of nitriles is 1. The number of fused-ring (bicyclic) bond motifs is 1. The van der Waals surface area contributed by atoms with Crippen molar-refractivity contribution in [2.24, 2.45) is 0 Å². The van der Waals surface area contributed by atoms with Crippen LogP contribution in [0.15, 0.2) is 24.4 Å². The molecule has 1 heterocycles. The molecule has 0 unspecified atom stereocenters. The zero-order valence-electron chi connectivity index (χ0n) is 10.4. The fourth-order valence-electron chi connectivity index (χ4n) is 2.19. The highest BCUT2D eigenvalue weighted by Crippen LogP contribution is 2.25. The number of aryl methyl sites for hydroxylation is 1. The van der Waals surface area contributed by atoms with E-state index in [1.807, 2.05) is 19.2 Å². The van der Waals surface area contributed by atoms with Gasteiger partial charge < -0.3 is 9.88 Å². The van der Waals surface area contributed by atoms with Gasteiger partial charge in [-0.15, -0.1) is 0 Å². The van der Waals surface area contributed by atoms with Crippen LogP contribution in [0.5, 0.6) is 0 Å². The van der Waals surface area contributed by atoms with Gasteiger partial charge in [-0.25, -0.2) is 0 Å². The average molecular weight is 262 g/mol. The van der Waals surface area contributed by atoms with E-state index in [0.29, 0.717) is 6.42 Å². The van der Waals surface area contributed by atoms with E-state index in [1.54, 1.807) is 0 Å². The lowest BCUT2D eigenvalue weighted by Crippen LogP contribution is -2.04. The smallest absolute Gasteiger partial charge is 0.0622 e. The summed E-state index contributed by atoms with van der Waals surface area (Å²) in [6.07, 6.45) is 3.60. The predicted molar refractivity (Wildman–Crippen MR) is 74.6 cm³/mol. The van der Waals surface area contributed by atoms with Crippen molar-refractivity contribution in [2.45, 2.75) is 25.9 Å². The summed E-state index contributed by atoms with van der Waals surface area (Å²) in [4.78, 5) is 0. The second-order valence-corrected chi connectivity index (χ2v) is 4.74. The van der Waals surface area contributed by atoms with Crippen LogP contribution in [-0.2, 0) is 13.1 Å². The molecule has 0 spiro atoms. The van der Waals surface area contributed by atoms with Crippen molar-refractivity contribution < 1.29 is 0 Å². The lowest BCUT2D eigenvalue weighted by Gasteiger charge is -2.03. The van der Waals surface area contributed by atoms with Gasteiger partial charge in [0.2, 0.25) is 0 Å². The van der Waals surface area contributed by atoms with Crippen LogP contribution < -0.4 is 5.32 Å². The number of aromatic nitrogens is 1. The number of unbranched alkanes of at least 4 members (excludes halogenated alkanes) is 1. The number of nitrogens with one attached hydrogen (secondary N) is 1. The van der Waals surface area contributed by atoms with Crippen molar-refractivity contribution in [3.8, 4) is 6.07 Å². The maximum Gasteiger partial charge on any atom is 0.0622 e. The van der Waals surface area contributed by atoms with Crippen molar-refractivity contribution in [1.29, 1.82) is 5.26 Å². The van der Waals surface area contributed by atoms with E-state index in [4.69, 9.17) is 16.9 Å². The second-order valence-electron chi connectivity index (χ2n) is 4.30. The average Bonchev–Trinajstić information content (AvgIpc) is 2.68. The lowest BCUT2D eigenvalue weighted by atomic mass is 10.2. The minimum absolute atomic E-state index is 0.585.